The Kier molecular flexibility index (Phi) is 4.93. The van der Waals surface area contributed by atoms with Crippen LogP contribution in [0.25, 0.3) is 0 Å². The van der Waals surface area contributed by atoms with Crippen molar-refractivity contribution in [1.29, 1.82) is 0 Å². The first kappa shape index (κ1) is 17.0. The summed E-state index contributed by atoms with van der Waals surface area (Å²) in [6.07, 6.45) is 2.77. The molecule has 27 heavy (non-hydrogen) atoms. The summed E-state index contributed by atoms with van der Waals surface area (Å²) in [5.74, 6) is 0.386. The third-order valence-electron chi connectivity index (χ3n) is 4.24. The van der Waals surface area contributed by atoms with Crippen LogP contribution in [0.1, 0.15) is 27.8 Å². The molecule has 1 amide bonds. The Morgan fingerprint density at radius 3 is 2.63 bits per heavy atom. The van der Waals surface area contributed by atoms with Gasteiger partial charge in [0.15, 0.2) is 5.82 Å². The van der Waals surface area contributed by atoms with Crippen LogP contribution < -0.4 is 5.32 Å². The Balaban J connectivity index is 1.47. The number of carbonyl (C=O) groups is 1. The van der Waals surface area contributed by atoms with E-state index in [-0.39, 0.29) is 12.6 Å². The number of nitrogens with zero attached hydrogens (tertiary/aromatic N) is 3. The fourth-order valence-electron chi connectivity index (χ4n) is 2.87. The lowest BCUT2D eigenvalue weighted by atomic mass is 10.2. The van der Waals surface area contributed by atoms with Gasteiger partial charge in [-0.3, -0.25) is 4.79 Å². The molecule has 0 saturated heterocycles. The number of benzene rings is 2. The lowest BCUT2D eigenvalue weighted by Gasteiger charge is -2.32. The number of hydrogen-bond donors (Lipinski definition) is 2. The van der Waals surface area contributed by atoms with Crippen molar-refractivity contribution in [3.8, 4) is 0 Å². The topological polar surface area (TPSA) is 82.6 Å². The Bertz CT molecular complexity index is 924. The second kappa shape index (κ2) is 7.84. The molecule has 0 radical (unpaired) electrons. The van der Waals surface area contributed by atoms with Crippen LogP contribution in [0.3, 0.4) is 0 Å². The van der Waals surface area contributed by atoms with Gasteiger partial charge in [-0.25, -0.2) is 9.98 Å². The molecule has 1 aliphatic heterocycles. The first-order chi connectivity index (χ1) is 13.3. The van der Waals surface area contributed by atoms with Crippen molar-refractivity contribution < 1.29 is 9.53 Å². The van der Waals surface area contributed by atoms with Crippen molar-refractivity contribution >= 4 is 18.1 Å². The number of rotatable bonds is 6. The van der Waals surface area contributed by atoms with Gasteiger partial charge in [0.2, 0.25) is 0 Å². The molecule has 0 fully saturated rings. The summed E-state index contributed by atoms with van der Waals surface area (Å²) in [4.78, 5) is 26.0. The molecule has 1 unspecified atom stereocenters. The van der Waals surface area contributed by atoms with Crippen molar-refractivity contribution in [2.24, 2.45) is 4.99 Å². The molecule has 1 atom stereocenters. The van der Waals surface area contributed by atoms with Gasteiger partial charge in [0, 0.05) is 5.56 Å². The van der Waals surface area contributed by atoms with Crippen LogP contribution in [0.4, 0.5) is 5.82 Å². The molecule has 1 aromatic heterocycles. The zero-order valence-corrected chi connectivity index (χ0v) is 14.6. The summed E-state index contributed by atoms with van der Waals surface area (Å²) in [5.41, 5.74) is 2.40. The smallest absolute Gasteiger partial charge is 0.253 e. The average molecular weight is 361 g/mol. The molecule has 2 heterocycles. The highest BCUT2D eigenvalue weighted by atomic mass is 16.5. The minimum Gasteiger partial charge on any atom is -0.356 e. The van der Waals surface area contributed by atoms with Crippen LogP contribution in [0.15, 0.2) is 72.0 Å². The first-order valence-corrected chi connectivity index (χ1v) is 8.62. The summed E-state index contributed by atoms with van der Waals surface area (Å²) in [6.45, 7) is 0.747. The number of aliphatic imine (C=N–C) groups is 1. The maximum absolute atomic E-state index is 12.6. The molecular weight excluding hydrogens is 342 g/mol. The fraction of sp³-hybridized carbons (Fsp3) is 0.150. The molecule has 7 heteroatoms. The summed E-state index contributed by atoms with van der Waals surface area (Å²) in [7, 11) is 0. The van der Waals surface area contributed by atoms with Crippen LogP contribution in [-0.2, 0) is 11.3 Å². The van der Waals surface area contributed by atoms with Crippen LogP contribution in [0, 0.1) is 0 Å². The number of carbonyl (C=O) groups excluding carboxylic acids is 1. The van der Waals surface area contributed by atoms with Gasteiger partial charge in [0.25, 0.3) is 5.91 Å². The van der Waals surface area contributed by atoms with Gasteiger partial charge in [0.1, 0.15) is 18.6 Å². The highest BCUT2D eigenvalue weighted by Gasteiger charge is 2.28. The van der Waals surface area contributed by atoms with Gasteiger partial charge in [-0.05, 0) is 17.7 Å². The molecule has 2 aromatic carbocycles. The maximum Gasteiger partial charge on any atom is 0.253 e. The number of aromatic amines is 1. The zero-order chi connectivity index (χ0) is 18.5. The highest BCUT2D eigenvalue weighted by molar-refractivity contribution is 5.94. The largest absolute Gasteiger partial charge is 0.356 e. The van der Waals surface area contributed by atoms with Crippen LogP contribution in [0.5, 0.6) is 0 Å². The minimum absolute atomic E-state index is 0.176. The van der Waals surface area contributed by atoms with Gasteiger partial charge < -0.3 is 19.9 Å². The SMILES string of the molecule is O=C(NC1c2[nH]cnc2N=CN1COCc1ccccc1)c1ccccc1. The third-order valence-corrected chi connectivity index (χ3v) is 4.24. The Labute approximate surface area is 156 Å². The van der Waals surface area contributed by atoms with Gasteiger partial charge in [-0.15, -0.1) is 0 Å². The lowest BCUT2D eigenvalue weighted by molar-refractivity contribution is 0.0286. The van der Waals surface area contributed by atoms with E-state index in [4.69, 9.17) is 4.74 Å². The standard InChI is InChI=1S/C20H19N5O2/c26-20(16-9-5-2-6-10-16)24-19-17-18(22-12-21-17)23-13-25(19)14-27-11-15-7-3-1-4-8-15/h1-10,12-13,19H,11,14H2,(H,21,22)(H,24,26). The quantitative estimate of drug-likeness (QED) is 0.707. The van der Waals surface area contributed by atoms with Gasteiger partial charge in [-0.1, -0.05) is 48.5 Å². The monoisotopic (exact) mass is 361 g/mol. The third kappa shape index (κ3) is 3.88. The molecular formula is C20H19N5O2. The number of ether oxygens (including phenoxy) is 1. The van der Waals surface area contributed by atoms with Crippen molar-refractivity contribution in [3.05, 3.63) is 83.8 Å². The molecule has 1 aliphatic rings. The van der Waals surface area contributed by atoms with Gasteiger partial charge >= 0.3 is 0 Å². The van der Waals surface area contributed by atoms with Gasteiger partial charge in [-0.2, -0.15) is 0 Å². The van der Waals surface area contributed by atoms with Gasteiger partial charge in [0.05, 0.1) is 19.3 Å². The lowest BCUT2D eigenvalue weighted by Crippen LogP contribution is -2.43. The Morgan fingerprint density at radius 1 is 1.11 bits per heavy atom. The van der Waals surface area contributed by atoms with E-state index in [0.717, 1.165) is 11.3 Å². The predicted octanol–water partition coefficient (Wildman–Crippen LogP) is 2.99. The number of hydrogen-bond acceptors (Lipinski definition) is 5. The summed E-state index contributed by atoms with van der Waals surface area (Å²) in [6, 6.07) is 19.0. The van der Waals surface area contributed by atoms with E-state index < -0.39 is 6.17 Å². The average Bonchev–Trinajstić information content (AvgIpc) is 3.20. The van der Waals surface area contributed by atoms with E-state index in [2.05, 4.69) is 20.3 Å². The second-order valence-corrected chi connectivity index (χ2v) is 6.10. The predicted molar refractivity (Wildman–Crippen MR) is 101 cm³/mol. The number of amides is 1. The summed E-state index contributed by atoms with van der Waals surface area (Å²) in [5, 5.41) is 3.02. The minimum atomic E-state index is -0.441. The van der Waals surface area contributed by atoms with E-state index in [0.29, 0.717) is 18.0 Å². The molecule has 2 N–H and O–H groups in total. The number of imidazole rings is 1. The van der Waals surface area contributed by atoms with Crippen LogP contribution in [0.2, 0.25) is 0 Å². The Hall–Kier alpha value is -3.45. The van der Waals surface area contributed by atoms with Crippen molar-refractivity contribution in [2.45, 2.75) is 12.8 Å². The molecule has 0 aliphatic carbocycles. The first-order valence-electron chi connectivity index (χ1n) is 8.62. The molecule has 4 rings (SSSR count). The number of nitrogens with one attached hydrogen (secondary N) is 2. The molecule has 3 aromatic rings. The number of fused-ring (bicyclic) bond motifs is 1. The molecule has 0 bridgehead atoms. The summed E-state index contributed by atoms with van der Waals surface area (Å²) < 4.78 is 5.82. The molecule has 7 nitrogen and oxygen atoms in total. The van der Waals surface area contributed by atoms with Crippen molar-refractivity contribution in [3.63, 3.8) is 0 Å². The van der Waals surface area contributed by atoms with Crippen LogP contribution in [-0.4, -0.2) is 33.8 Å². The zero-order valence-electron chi connectivity index (χ0n) is 14.6. The maximum atomic E-state index is 12.6. The van der Waals surface area contributed by atoms with E-state index >= 15 is 0 Å². The number of aromatic nitrogens is 2. The van der Waals surface area contributed by atoms with E-state index in [9.17, 15) is 4.79 Å². The summed E-state index contributed by atoms with van der Waals surface area (Å²) >= 11 is 0. The van der Waals surface area contributed by atoms with Crippen molar-refractivity contribution in [2.75, 3.05) is 6.73 Å². The van der Waals surface area contributed by atoms with Crippen molar-refractivity contribution in [1.82, 2.24) is 20.2 Å². The van der Waals surface area contributed by atoms with E-state index in [1.807, 2.05) is 53.4 Å². The van der Waals surface area contributed by atoms with E-state index in [1.54, 1.807) is 24.8 Å². The fourth-order valence-corrected chi connectivity index (χ4v) is 2.87. The Morgan fingerprint density at radius 2 is 1.85 bits per heavy atom. The molecule has 0 spiro atoms. The highest BCUT2D eigenvalue weighted by Crippen LogP contribution is 2.28. The van der Waals surface area contributed by atoms with E-state index in [1.165, 1.54) is 0 Å². The molecule has 0 saturated carbocycles. The van der Waals surface area contributed by atoms with Crippen LogP contribution >= 0.6 is 0 Å². The normalized spacial score (nSPS) is 15.4. The second-order valence-electron chi connectivity index (χ2n) is 6.10. The molecule has 136 valence electrons. The number of H-pyrrole nitrogens is 1.